The van der Waals surface area contributed by atoms with Gasteiger partial charge in [0.2, 0.25) is 0 Å². The van der Waals surface area contributed by atoms with E-state index in [9.17, 15) is 19.8 Å². The van der Waals surface area contributed by atoms with E-state index in [2.05, 4.69) is 20.8 Å². The number of carbonyl (C=O) groups excluding carboxylic acids is 2. The lowest BCUT2D eigenvalue weighted by molar-refractivity contribution is -0.138. The SMILES string of the molecule is CC1C[C@H]2[C@@H]3CC(C)(O)C4=CC(=O)CC[C@]4(C)[C@H]3CC[C@]2(C)[C@H]1C(=O)CO. The highest BCUT2D eigenvalue weighted by atomic mass is 16.3. The quantitative estimate of drug-likeness (QED) is 0.778. The van der Waals surface area contributed by atoms with E-state index in [0.29, 0.717) is 30.6 Å². The van der Waals surface area contributed by atoms with Crippen molar-refractivity contribution in [2.45, 2.75) is 71.8 Å². The standard InChI is InChI=1S/C23H34O4/c1-13-9-17-15-11-23(4,27)19-10-14(25)5-7-21(19,2)16(15)6-8-22(17,3)20(13)18(26)12-24/h10,13,15-17,20,24,27H,5-9,11-12H2,1-4H3/t13?,15-,16+,17+,20-,21-,22+,23?/m1/s1. The Balaban J connectivity index is 1.75. The Morgan fingerprint density at radius 1 is 1.22 bits per heavy atom. The van der Waals surface area contributed by atoms with E-state index in [4.69, 9.17) is 0 Å². The monoisotopic (exact) mass is 374 g/mol. The van der Waals surface area contributed by atoms with E-state index in [0.717, 1.165) is 31.3 Å². The van der Waals surface area contributed by atoms with Gasteiger partial charge in [0.15, 0.2) is 11.6 Å². The summed E-state index contributed by atoms with van der Waals surface area (Å²) in [5, 5.41) is 20.9. The molecule has 0 bridgehead atoms. The van der Waals surface area contributed by atoms with Gasteiger partial charge in [-0.05, 0) is 85.2 Å². The van der Waals surface area contributed by atoms with Crippen molar-refractivity contribution in [3.8, 4) is 0 Å². The molecule has 2 unspecified atom stereocenters. The number of aliphatic hydroxyl groups excluding tert-OH is 1. The van der Waals surface area contributed by atoms with E-state index < -0.39 is 5.60 Å². The number of hydrogen-bond donors (Lipinski definition) is 2. The normalized spacial score (nSPS) is 51.9. The number of Topliss-reactive ketones (excluding diaryl/α,β-unsaturated/α-hetero) is 1. The number of fused-ring (bicyclic) bond motifs is 5. The first-order chi connectivity index (χ1) is 12.5. The van der Waals surface area contributed by atoms with Crippen molar-refractivity contribution >= 4 is 11.6 Å². The third-order valence-electron chi connectivity index (χ3n) is 9.13. The van der Waals surface area contributed by atoms with Crippen LogP contribution in [-0.2, 0) is 9.59 Å². The predicted molar refractivity (Wildman–Crippen MR) is 103 cm³/mol. The van der Waals surface area contributed by atoms with Crippen molar-refractivity contribution in [3.05, 3.63) is 11.6 Å². The Hall–Kier alpha value is -1.00. The van der Waals surface area contributed by atoms with E-state index >= 15 is 0 Å². The van der Waals surface area contributed by atoms with Crippen LogP contribution >= 0.6 is 0 Å². The maximum Gasteiger partial charge on any atom is 0.162 e. The summed E-state index contributed by atoms with van der Waals surface area (Å²) in [5.41, 5.74) is -0.208. The van der Waals surface area contributed by atoms with Gasteiger partial charge in [0.25, 0.3) is 0 Å². The van der Waals surface area contributed by atoms with Crippen LogP contribution in [0.5, 0.6) is 0 Å². The number of carbonyl (C=O) groups is 2. The maximum absolute atomic E-state index is 12.6. The summed E-state index contributed by atoms with van der Waals surface area (Å²) in [4.78, 5) is 24.6. The molecule has 8 atom stereocenters. The van der Waals surface area contributed by atoms with Gasteiger partial charge in [-0.15, -0.1) is 0 Å². The van der Waals surface area contributed by atoms with Gasteiger partial charge in [0.05, 0.1) is 5.60 Å². The second-order valence-corrected chi connectivity index (χ2v) is 10.7. The Morgan fingerprint density at radius 2 is 1.93 bits per heavy atom. The van der Waals surface area contributed by atoms with Crippen LogP contribution in [0, 0.1) is 40.4 Å². The summed E-state index contributed by atoms with van der Waals surface area (Å²) >= 11 is 0. The maximum atomic E-state index is 12.6. The fourth-order valence-electron chi connectivity index (χ4n) is 8.15. The minimum Gasteiger partial charge on any atom is -0.389 e. The Morgan fingerprint density at radius 3 is 2.59 bits per heavy atom. The molecule has 0 heterocycles. The minimum absolute atomic E-state index is 0.0106. The van der Waals surface area contributed by atoms with Crippen LogP contribution in [-0.4, -0.2) is 34.0 Å². The zero-order valence-electron chi connectivity index (χ0n) is 17.1. The van der Waals surface area contributed by atoms with Crippen molar-refractivity contribution in [2.24, 2.45) is 40.4 Å². The smallest absolute Gasteiger partial charge is 0.162 e. The molecule has 4 aliphatic rings. The molecule has 3 saturated carbocycles. The third kappa shape index (κ3) is 2.55. The van der Waals surface area contributed by atoms with Gasteiger partial charge >= 0.3 is 0 Å². The molecular formula is C23H34O4. The first kappa shape index (κ1) is 19.3. The Labute approximate surface area is 162 Å². The van der Waals surface area contributed by atoms with Crippen LogP contribution < -0.4 is 0 Å². The Bertz CT molecular complexity index is 707. The number of rotatable bonds is 2. The fourth-order valence-corrected chi connectivity index (χ4v) is 8.15. The summed E-state index contributed by atoms with van der Waals surface area (Å²) in [6, 6.07) is 0. The van der Waals surface area contributed by atoms with Gasteiger partial charge < -0.3 is 10.2 Å². The van der Waals surface area contributed by atoms with Crippen LogP contribution in [0.4, 0.5) is 0 Å². The van der Waals surface area contributed by atoms with Crippen LogP contribution in [0.15, 0.2) is 11.6 Å². The highest BCUT2D eigenvalue weighted by Gasteiger charge is 2.64. The summed E-state index contributed by atoms with van der Waals surface area (Å²) in [6.45, 7) is 8.18. The second-order valence-electron chi connectivity index (χ2n) is 10.7. The average Bonchev–Trinajstić information content (AvgIpc) is 2.86. The van der Waals surface area contributed by atoms with E-state index in [1.54, 1.807) is 6.08 Å². The first-order valence-electron chi connectivity index (χ1n) is 10.7. The van der Waals surface area contributed by atoms with Crippen LogP contribution in [0.1, 0.15) is 66.2 Å². The summed E-state index contributed by atoms with van der Waals surface area (Å²) in [7, 11) is 0. The average molecular weight is 375 g/mol. The number of hydrogen-bond acceptors (Lipinski definition) is 4. The highest BCUT2D eigenvalue weighted by Crippen LogP contribution is 2.69. The Kier molecular flexibility index (Phi) is 4.29. The fraction of sp³-hybridized carbons (Fsp3) is 0.826. The molecule has 150 valence electrons. The van der Waals surface area contributed by atoms with Crippen LogP contribution in [0.25, 0.3) is 0 Å². The molecule has 0 aliphatic heterocycles. The molecule has 0 radical (unpaired) electrons. The van der Waals surface area contributed by atoms with Gasteiger partial charge in [0, 0.05) is 12.3 Å². The molecule has 0 spiro atoms. The summed E-state index contributed by atoms with van der Waals surface area (Å²) in [6.07, 6.45) is 6.85. The van der Waals surface area contributed by atoms with Gasteiger partial charge in [-0.1, -0.05) is 20.8 Å². The summed E-state index contributed by atoms with van der Waals surface area (Å²) < 4.78 is 0. The molecule has 4 rings (SSSR count). The third-order valence-corrected chi connectivity index (χ3v) is 9.13. The molecule has 27 heavy (non-hydrogen) atoms. The van der Waals surface area contributed by atoms with Gasteiger partial charge in [-0.25, -0.2) is 0 Å². The topological polar surface area (TPSA) is 74.6 Å². The molecular weight excluding hydrogens is 340 g/mol. The van der Waals surface area contributed by atoms with Crippen LogP contribution in [0.3, 0.4) is 0 Å². The van der Waals surface area contributed by atoms with E-state index in [-0.39, 0.29) is 40.8 Å². The zero-order valence-corrected chi connectivity index (χ0v) is 17.1. The van der Waals surface area contributed by atoms with Crippen molar-refractivity contribution in [2.75, 3.05) is 6.61 Å². The number of aliphatic hydroxyl groups is 2. The highest BCUT2D eigenvalue weighted by molar-refractivity contribution is 5.92. The molecule has 3 fully saturated rings. The van der Waals surface area contributed by atoms with Crippen molar-refractivity contribution in [1.29, 1.82) is 0 Å². The molecule has 4 nitrogen and oxygen atoms in total. The van der Waals surface area contributed by atoms with Crippen molar-refractivity contribution < 1.29 is 19.8 Å². The molecule has 4 aliphatic carbocycles. The van der Waals surface area contributed by atoms with Gasteiger partial charge in [-0.2, -0.15) is 0 Å². The van der Waals surface area contributed by atoms with E-state index in [1.165, 1.54) is 0 Å². The predicted octanol–water partition coefficient (Wildman–Crippen LogP) is 3.30. The lowest BCUT2D eigenvalue weighted by Crippen LogP contribution is -2.57. The molecule has 0 amide bonds. The number of ketones is 2. The van der Waals surface area contributed by atoms with Crippen molar-refractivity contribution in [1.82, 2.24) is 0 Å². The van der Waals surface area contributed by atoms with Crippen LogP contribution in [0.2, 0.25) is 0 Å². The molecule has 4 heteroatoms. The molecule has 0 aromatic carbocycles. The lowest BCUT2D eigenvalue weighted by Gasteiger charge is -2.61. The lowest BCUT2D eigenvalue weighted by atomic mass is 9.44. The zero-order chi connectivity index (χ0) is 19.8. The summed E-state index contributed by atoms with van der Waals surface area (Å²) in [5.74, 6) is 1.57. The largest absolute Gasteiger partial charge is 0.389 e. The molecule has 0 aromatic heterocycles. The minimum atomic E-state index is -0.952. The molecule has 0 aromatic rings. The van der Waals surface area contributed by atoms with Crippen molar-refractivity contribution in [3.63, 3.8) is 0 Å². The van der Waals surface area contributed by atoms with Gasteiger partial charge in [0.1, 0.15) is 6.61 Å². The first-order valence-corrected chi connectivity index (χ1v) is 10.7. The molecule has 2 N–H and O–H groups in total. The second kappa shape index (κ2) is 6.00. The van der Waals surface area contributed by atoms with E-state index in [1.807, 2.05) is 6.92 Å². The molecule has 0 saturated heterocycles. The van der Waals surface area contributed by atoms with Gasteiger partial charge in [-0.3, -0.25) is 9.59 Å².